The lowest BCUT2D eigenvalue weighted by molar-refractivity contribution is 0.112. The van der Waals surface area contributed by atoms with Crippen LogP contribution in [0.2, 0.25) is 0 Å². The number of hydrogen-bond donors (Lipinski definition) is 0. The van der Waals surface area contributed by atoms with Crippen LogP contribution in [-0.4, -0.2) is 6.29 Å². The predicted molar refractivity (Wildman–Crippen MR) is 86.5 cm³/mol. The van der Waals surface area contributed by atoms with Gasteiger partial charge in [0.25, 0.3) is 0 Å². The van der Waals surface area contributed by atoms with E-state index in [4.69, 9.17) is 4.74 Å². The second kappa shape index (κ2) is 5.72. The fraction of sp³-hybridized carbons (Fsp3) is 0.316. The van der Waals surface area contributed by atoms with Crippen LogP contribution < -0.4 is 4.74 Å². The van der Waals surface area contributed by atoms with Gasteiger partial charge in [0.1, 0.15) is 17.8 Å². The molecule has 0 aliphatic heterocycles. The lowest BCUT2D eigenvalue weighted by Gasteiger charge is -2.23. The van der Waals surface area contributed by atoms with Crippen LogP contribution in [0.15, 0.2) is 36.4 Å². The average molecular weight is 282 g/mol. The van der Waals surface area contributed by atoms with Gasteiger partial charge < -0.3 is 4.74 Å². The van der Waals surface area contributed by atoms with Crippen LogP contribution in [0.1, 0.15) is 47.8 Å². The van der Waals surface area contributed by atoms with Crippen molar-refractivity contribution in [1.29, 1.82) is 0 Å². The highest BCUT2D eigenvalue weighted by Gasteiger charge is 2.20. The molecule has 0 unspecified atom stereocenters. The Kier molecular flexibility index (Phi) is 4.17. The van der Waals surface area contributed by atoms with Crippen molar-refractivity contribution in [3.63, 3.8) is 0 Å². The zero-order valence-corrected chi connectivity index (χ0v) is 13.4. The van der Waals surface area contributed by atoms with Gasteiger partial charge in [-0.2, -0.15) is 0 Å². The molecule has 2 rings (SSSR count). The number of aldehydes is 1. The summed E-state index contributed by atoms with van der Waals surface area (Å²) in [6.45, 7) is 10.6. The third-order valence-electron chi connectivity index (χ3n) is 3.51. The number of benzene rings is 2. The first-order valence-electron chi connectivity index (χ1n) is 7.16. The van der Waals surface area contributed by atoms with Gasteiger partial charge in [-0.15, -0.1) is 0 Å². The van der Waals surface area contributed by atoms with Crippen molar-refractivity contribution in [2.24, 2.45) is 0 Å². The van der Waals surface area contributed by atoms with Crippen LogP contribution in [0.4, 0.5) is 0 Å². The van der Waals surface area contributed by atoms with Gasteiger partial charge in [-0.05, 0) is 37.0 Å². The van der Waals surface area contributed by atoms with Crippen LogP contribution in [-0.2, 0) is 5.41 Å². The summed E-state index contributed by atoms with van der Waals surface area (Å²) in [7, 11) is 0. The fourth-order valence-electron chi connectivity index (χ4n) is 2.24. The zero-order valence-electron chi connectivity index (χ0n) is 13.4. The zero-order chi connectivity index (χ0) is 15.6. The third-order valence-corrected chi connectivity index (χ3v) is 3.51. The van der Waals surface area contributed by atoms with Crippen LogP contribution >= 0.6 is 0 Å². The van der Waals surface area contributed by atoms with Crippen molar-refractivity contribution in [3.8, 4) is 11.5 Å². The molecule has 0 aliphatic carbocycles. The summed E-state index contributed by atoms with van der Waals surface area (Å²) in [6, 6.07) is 11.7. The van der Waals surface area contributed by atoms with Crippen LogP contribution in [0.25, 0.3) is 0 Å². The molecule has 0 aliphatic rings. The molecule has 0 atom stereocenters. The van der Waals surface area contributed by atoms with Gasteiger partial charge >= 0.3 is 0 Å². The fourth-order valence-corrected chi connectivity index (χ4v) is 2.24. The average Bonchev–Trinajstić information content (AvgIpc) is 2.42. The Labute approximate surface area is 126 Å². The second-order valence-corrected chi connectivity index (χ2v) is 6.49. The molecule has 0 saturated heterocycles. The smallest absolute Gasteiger partial charge is 0.150 e. The van der Waals surface area contributed by atoms with E-state index in [2.05, 4.69) is 33.8 Å². The minimum atomic E-state index is -0.00245. The molecule has 0 saturated carbocycles. The Bertz CT molecular complexity index is 664. The molecule has 2 aromatic rings. The Morgan fingerprint density at radius 1 is 0.952 bits per heavy atom. The number of carbonyl (C=O) groups excluding carboxylic acids is 1. The molecule has 0 aromatic heterocycles. The topological polar surface area (TPSA) is 26.3 Å². The summed E-state index contributed by atoms with van der Waals surface area (Å²) < 4.78 is 6.11. The van der Waals surface area contributed by atoms with E-state index in [1.54, 1.807) is 12.1 Å². The lowest BCUT2D eigenvalue weighted by Crippen LogP contribution is -2.13. The molecule has 21 heavy (non-hydrogen) atoms. The molecule has 0 amide bonds. The molecular weight excluding hydrogens is 260 g/mol. The predicted octanol–water partition coefficient (Wildman–Crippen LogP) is 5.21. The van der Waals surface area contributed by atoms with E-state index in [1.165, 1.54) is 11.1 Å². The summed E-state index contributed by atoms with van der Waals surface area (Å²) in [5.74, 6) is 1.58. The number of rotatable bonds is 3. The number of ether oxygens (including phenoxy) is 1. The highest BCUT2D eigenvalue weighted by molar-refractivity contribution is 5.76. The first kappa shape index (κ1) is 15.3. The molecule has 0 N–H and O–H groups in total. The lowest BCUT2D eigenvalue weighted by atomic mass is 9.85. The molecule has 0 spiro atoms. The van der Waals surface area contributed by atoms with Gasteiger partial charge in [-0.1, -0.05) is 50.6 Å². The molecule has 0 heterocycles. The molecule has 2 nitrogen and oxygen atoms in total. The number of hydrogen-bond acceptors (Lipinski definition) is 2. The van der Waals surface area contributed by atoms with Gasteiger partial charge in [0.05, 0.1) is 0 Å². The van der Waals surface area contributed by atoms with E-state index in [0.29, 0.717) is 5.56 Å². The minimum absolute atomic E-state index is 0.00245. The molecule has 0 fully saturated rings. The van der Waals surface area contributed by atoms with Gasteiger partial charge in [0.15, 0.2) is 0 Å². The van der Waals surface area contributed by atoms with Crippen LogP contribution in [0.5, 0.6) is 11.5 Å². The van der Waals surface area contributed by atoms with Gasteiger partial charge in [-0.3, -0.25) is 4.79 Å². The molecule has 2 aromatic carbocycles. The van der Waals surface area contributed by atoms with Crippen molar-refractivity contribution in [2.75, 3.05) is 0 Å². The van der Waals surface area contributed by atoms with E-state index in [0.717, 1.165) is 23.3 Å². The second-order valence-electron chi connectivity index (χ2n) is 6.49. The minimum Gasteiger partial charge on any atom is -0.457 e. The van der Waals surface area contributed by atoms with Gasteiger partial charge in [0.2, 0.25) is 0 Å². The van der Waals surface area contributed by atoms with Crippen molar-refractivity contribution in [3.05, 3.63) is 58.7 Å². The maximum atomic E-state index is 10.9. The molecular formula is C19H22O2. The first-order chi connectivity index (χ1) is 9.81. The Morgan fingerprint density at radius 2 is 1.67 bits per heavy atom. The Hall–Kier alpha value is -2.09. The largest absolute Gasteiger partial charge is 0.457 e. The van der Waals surface area contributed by atoms with Gasteiger partial charge in [-0.25, -0.2) is 0 Å². The van der Waals surface area contributed by atoms with Crippen molar-refractivity contribution in [1.82, 2.24) is 0 Å². The van der Waals surface area contributed by atoms with E-state index >= 15 is 0 Å². The van der Waals surface area contributed by atoms with Crippen molar-refractivity contribution in [2.45, 2.75) is 40.0 Å². The molecule has 2 heteroatoms. The van der Waals surface area contributed by atoms with E-state index in [1.807, 2.05) is 25.1 Å². The highest BCUT2D eigenvalue weighted by Crippen LogP contribution is 2.36. The first-order valence-corrected chi connectivity index (χ1v) is 7.16. The van der Waals surface area contributed by atoms with Crippen molar-refractivity contribution < 1.29 is 9.53 Å². The maximum absolute atomic E-state index is 10.9. The quantitative estimate of drug-likeness (QED) is 0.723. The normalized spacial score (nSPS) is 11.3. The van der Waals surface area contributed by atoms with Crippen LogP contribution in [0, 0.1) is 13.8 Å². The number of aryl methyl sites for hydroxylation is 2. The number of carbonyl (C=O) groups is 1. The van der Waals surface area contributed by atoms with E-state index in [-0.39, 0.29) is 5.41 Å². The summed E-state index contributed by atoms with van der Waals surface area (Å²) in [4.78, 5) is 10.9. The summed E-state index contributed by atoms with van der Waals surface area (Å²) in [6.07, 6.45) is 0.839. The summed E-state index contributed by atoms with van der Waals surface area (Å²) >= 11 is 0. The maximum Gasteiger partial charge on any atom is 0.150 e. The summed E-state index contributed by atoms with van der Waals surface area (Å²) in [5, 5.41) is 0. The molecule has 0 radical (unpaired) electrons. The van der Waals surface area contributed by atoms with Crippen molar-refractivity contribution >= 4 is 6.29 Å². The third kappa shape index (κ3) is 3.52. The molecule has 0 bridgehead atoms. The molecule has 110 valence electrons. The highest BCUT2D eigenvalue weighted by atomic mass is 16.5. The monoisotopic (exact) mass is 282 g/mol. The Morgan fingerprint density at radius 3 is 2.29 bits per heavy atom. The standard InChI is InChI=1S/C19H22O2/c1-13-6-9-17(16(10-13)19(3,4)5)21-18-11-15(12-20)8-7-14(18)2/h6-12H,1-5H3. The van der Waals surface area contributed by atoms with Crippen LogP contribution in [0.3, 0.4) is 0 Å². The Balaban J connectivity index is 2.47. The van der Waals surface area contributed by atoms with E-state index < -0.39 is 0 Å². The summed E-state index contributed by atoms with van der Waals surface area (Å²) in [5.41, 5.74) is 4.02. The SMILES string of the molecule is Cc1ccc(Oc2cc(C=O)ccc2C)c(C(C)(C)C)c1. The van der Waals surface area contributed by atoms with E-state index in [9.17, 15) is 4.79 Å². The van der Waals surface area contributed by atoms with Gasteiger partial charge in [0, 0.05) is 11.1 Å².